The SMILES string of the molecule is Cc1cnc(-n2c3cc(-c4cccc(-c5ccccc5O)n4)ccc3c3c4c5ccccc5n(-c5ccccc5)c4ccc32)cc1-c1ccccc1. The van der Waals surface area contributed by atoms with Crippen molar-refractivity contribution in [3.8, 4) is 50.9 Å². The number of nitrogens with zero attached hydrogens (tertiary/aromatic N) is 4. The maximum atomic E-state index is 10.6. The highest BCUT2D eigenvalue weighted by atomic mass is 16.3. The number of pyridine rings is 2. The van der Waals surface area contributed by atoms with Crippen LogP contribution in [-0.2, 0) is 0 Å². The Hall–Kier alpha value is -6.98. The van der Waals surface area contributed by atoms with E-state index in [2.05, 4.69) is 137 Å². The Bertz CT molecular complexity index is 2980. The largest absolute Gasteiger partial charge is 0.507 e. The molecule has 0 aliphatic carbocycles. The zero-order valence-corrected chi connectivity index (χ0v) is 28.4. The van der Waals surface area contributed by atoms with Crippen molar-refractivity contribution in [2.75, 3.05) is 0 Å². The zero-order chi connectivity index (χ0) is 34.8. The van der Waals surface area contributed by atoms with Crippen LogP contribution in [0.1, 0.15) is 5.56 Å². The van der Waals surface area contributed by atoms with Crippen LogP contribution >= 0.6 is 0 Å². The van der Waals surface area contributed by atoms with Gasteiger partial charge in [0.2, 0.25) is 0 Å². The molecule has 0 fully saturated rings. The average Bonchev–Trinajstić information content (AvgIpc) is 3.71. The molecule has 0 aliphatic heterocycles. The number of phenols is 1. The lowest BCUT2D eigenvalue weighted by Crippen LogP contribution is -1.99. The van der Waals surface area contributed by atoms with Crippen molar-refractivity contribution in [1.82, 2.24) is 19.1 Å². The maximum absolute atomic E-state index is 10.6. The molecule has 5 nitrogen and oxygen atoms in total. The van der Waals surface area contributed by atoms with Crippen molar-refractivity contribution in [2.24, 2.45) is 0 Å². The van der Waals surface area contributed by atoms with Crippen LogP contribution in [0.2, 0.25) is 0 Å². The van der Waals surface area contributed by atoms with E-state index in [1.165, 1.54) is 21.7 Å². The van der Waals surface area contributed by atoms with Gasteiger partial charge in [0.25, 0.3) is 0 Å². The Kier molecular flexibility index (Phi) is 6.80. The minimum Gasteiger partial charge on any atom is -0.507 e. The summed E-state index contributed by atoms with van der Waals surface area (Å²) in [7, 11) is 0. The first-order valence-electron chi connectivity index (χ1n) is 17.5. The predicted molar refractivity (Wildman–Crippen MR) is 213 cm³/mol. The number of aryl methyl sites for hydroxylation is 1. The Labute approximate surface area is 300 Å². The van der Waals surface area contributed by atoms with Gasteiger partial charge in [0.15, 0.2) is 0 Å². The van der Waals surface area contributed by atoms with Crippen molar-refractivity contribution in [3.05, 3.63) is 176 Å². The van der Waals surface area contributed by atoms with Crippen LogP contribution in [0.5, 0.6) is 5.75 Å². The summed E-state index contributed by atoms with van der Waals surface area (Å²) < 4.78 is 4.68. The van der Waals surface area contributed by atoms with Gasteiger partial charge in [-0.05, 0) is 90.3 Å². The van der Waals surface area contributed by atoms with E-state index in [9.17, 15) is 5.11 Å². The minimum atomic E-state index is 0.209. The van der Waals surface area contributed by atoms with Crippen molar-refractivity contribution in [3.63, 3.8) is 0 Å². The molecule has 0 atom stereocenters. The number of rotatable bonds is 5. The molecule has 0 saturated carbocycles. The van der Waals surface area contributed by atoms with E-state index in [1.807, 2.05) is 42.6 Å². The number of benzene rings is 6. The van der Waals surface area contributed by atoms with E-state index in [0.29, 0.717) is 5.56 Å². The van der Waals surface area contributed by atoms with E-state index < -0.39 is 0 Å². The molecule has 6 aromatic carbocycles. The number of aromatic nitrogens is 4. The molecule has 10 aromatic rings. The Morgan fingerprint density at radius 3 is 1.96 bits per heavy atom. The lowest BCUT2D eigenvalue weighted by Gasteiger charge is -2.12. The number of fused-ring (bicyclic) bond motifs is 7. The van der Waals surface area contributed by atoms with Crippen LogP contribution in [0.4, 0.5) is 0 Å². The second kappa shape index (κ2) is 11.8. The van der Waals surface area contributed by atoms with Crippen LogP contribution in [0.25, 0.3) is 88.8 Å². The van der Waals surface area contributed by atoms with E-state index in [0.717, 1.165) is 67.1 Å². The summed E-state index contributed by atoms with van der Waals surface area (Å²) in [6.45, 7) is 2.12. The number of para-hydroxylation sites is 3. The highest BCUT2D eigenvalue weighted by Crippen LogP contribution is 2.43. The highest BCUT2D eigenvalue weighted by molar-refractivity contribution is 6.29. The summed E-state index contributed by atoms with van der Waals surface area (Å²) in [5.74, 6) is 1.06. The first-order valence-corrected chi connectivity index (χ1v) is 17.5. The van der Waals surface area contributed by atoms with Crippen LogP contribution in [0.3, 0.4) is 0 Å². The van der Waals surface area contributed by atoms with Crippen LogP contribution in [0, 0.1) is 6.92 Å². The molecule has 246 valence electrons. The summed E-state index contributed by atoms with van der Waals surface area (Å²) in [4.78, 5) is 10.1. The van der Waals surface area contributed by atoms with Crippen molar-refractivity contribution in [2.45, 2.75) is 6.92 Å². The average molecular weight is 669 g/mol. The predicted octanol–water partition coefficient (Wildman–Crippen LogP) is 11.7. The smallest absolute Gasteiger partial charge is 0.138 e. The summed E-state index contributed by atoms with van der Waals surface area (Å²) in [5, 5.41) is 15.4. The molecular weight excluding hydrogens is 637 g/mol. The van der Waals surface area contributed by atoms with Crippen LogP contribution in [0.15, 0.2) is 170 Å². The quantitative estimate of drug-likeness (QED) is 0.199. The molecule has 4 heterocycles. The van der Waals surface area contributed by atoms with Crippen LogP contribution < -0.4 is 0 Å². The number of aromatic hydroxyl groups is 1. The van der Waals surface area contributed by atoms with E-state index in [-0.39, 0.29) is 5.75 Å². The summed E-state index contributed by atoms with van der Waals surface area (Å²) in [6.07, 6.45) is 1.98. The van der Waals surface area contributed by atoms with Gasteiger partial charge >= 0.3 is 0 Å². The van der Waals surface area contributed by atoms with Gasteiger partial charge in [0, 0.05) is 44.6 Å². The molecular formula is C47H32N4O. The summed E-state index contributed by atoms with van der Waals surface area (Å²) >= 11 is 0. The molecule has 0 amide bonds. The third-order valence-corrected chi connectivity index (χ3v) is 10.2. The molecule has 4 aromatic heterocycles. The summed E-state index contributed by atoms with van der Waals surface area (Å²) in [5.41, 5.74) is 12.2. The van der Waals surface area contributed by atoms with E-state index in [4.69, 9.17) is 9.97 Å². The van der Waals surface area contributed by atoms with Crippen molar-refractivity contribution >= 4 is 43.6 Å². The Morgan fingerprint density at radius 2 is 1.15 bits per heavy atom. The lowest BCUT2D eigenvalue weighted by atomic mass is 10.0. The Balaban J connectivity index is 1.29. The van der Waals surface area contributed by atoms with Gasteiger partial charge in [-0.3, -0.25) is 4.57 Å². The van der Waals surface area contributed by atoms with E-state index >= 15 is 0 Å². The minimum absolute atomic E-state index is 0.209. The third kappa shape index (κ3) is 4.63. The normalized spacial score (nSPS) is 11.6. The zero-order valence-electron chi connectivity index (χ0n) is 28.4. The van der Waals surface area contributed by atoms with E-state index in [1.54, 1.807) is 6.07 Å². The van der Waals surface area contributed by atoms with Crippen molar-refractivity contribution in [1.29, 1.82) is 0 Å². The molecule has 5 heteroatoms. The maximum Gasteiger partial charge on any atom is 0.138 e. The first-order chi connectivity index (χ1) is 25.6. The lowest BCUT2D eigenvalue weighted by molar-refractivity contribution is 0.477. The second-order valence-electron chi connectivity index (χ2n) is 13.3. The molecule has 52 heavy (non-hydrogen) atoms. The molecule has 0 unspecified atom stereocenters. The standard InChI is InChI=1S/C47H32N4O/c1-30-29-48-45(28-37(30)31-13-4-2-5-14-31)51-42-26-25-41-46(35-18-8-10-21-40(35)50(41)33-15-6-3-7-16-33)47(42)36-24-23-32(27-43(36)51)38-19-12-20-39(49-38)34-17-9-11-22-44(34)52/h2-29,52H,1H3. The van der Waals surface area contributed by atoms with Gasteiger partial charge in [-0.2, -0.15) is 0 Å². The fraction of sp³-hybridized carbons (Fsp3) is 0.0213. The number of hydrogen-bond acceptors (Lipinski definition) is 3. The monoisotopic (exact) mass is 668 g/mol. The highest BCUT2D eigenvalue weighted by Gasteiger charge is 2.22. The van der Waals surface area contributed by atoms with Gasteiger partial charge < -0.3 is 9.67 Å². The first kappa shape index (κ1) is 29.9. The molecule has 0 spiro atoms. The van der Waals surface area contributed by atoms with Gasteiger partial charge in [-0.1, -0.05) is 97.1 Å². The molecule has 0 aliphatic rings. The van der Waals surface area contributed by atoms with Gasteiger partial charge in [-0.15, -0.1) is 0 Å². The fourth-order valence-corrected chi connectivity index (χ4v) is 7.83. The van der Waals surface area contributed by atoms with Gasteiger partial charge in [-0.25, -0.2) is 9.97 Å². The second-order valence-corrected chi connectivity index (χ2v) is 13.3. The molecule has 0 radical (unpaired) electrons. The molecule has 0 saturated heterocycles. The molecule has 1 N–H and O–H groups in total. The molecule has 10 rings (SSSR count). The Morgan fingerprint density at radius 1 is 0.481 bits per heavy atom. The number of hydrogen-bond donors (Lipinski definition) is 1. The molecule has 0 bridgehead atoms. The van der Waals surface area contributed by atoms with Gasteiger partial charge in [0.1, 0.15) is 11.6 Å². The van der Waals surface area contributed by atoms with Crippen molar-refractivity contribution < 1.29 is 5.11 Å². The third-order valence-electron chi connectivity index (χ3n) is 10.2. The topological polar surface area (TPSA) is 55.9 Å². The van der Waals surface area contributed by atoms with Gasteiger partial charge in [0.05, 0.1) is 33.5 Å². The summed E-state index contributed by atoms with van der Waals surface area (Å²) in [6, 6.07) is 56.5. The fourth-order valence-electron chi connectivity index (χ4n) is 7.83. The van der Waals surface area contributed by atoms with Crippen LogP contribution in [-0.4, -0.2) is 24.2 Å². The number of phenolic OH excluding ortho intramolecular Hbond substituents is 1.